The largest absolute Gasteiger partial charge is 0.271 e. The lowest BCUT2D eigenvalue weighted by molar-refractivity contribution is 0.553. The van der Waals surface area contributed by atoms with Gasteiger partial charge in [0.05, 0.1) is 16.6 Å². The minimum atomic E-state index is -0.238. The molecule has 3 N–H and O–H groups in total. The first-order valence-electron chi connectivity index (χ1n) is 5.20. The van der Waals surface area contributed by atoms with Gasteiger partial charge in [0.1, 0.15) is 5.82 Å². The maximum Gasteiger partial charge on any atom is 0.123 e. The predicted molar refractivity (Wildman–Crippen MR) is 64.8 cm³/mol. The molecule has 6 heteroatoms. The number of hydrogen-bond donors (Lipinski definition) is 2. The fourth-order valence-corrected chi connectivity index (χ4v) is 2.39. The summed E-state index contributed by atoms with van der Waals surface area (Å²) in [6, 6.07) is 6.41. The van der Waals surface area contributed by atoms with Crippen molar-refractivity contribution in [1.29, 1.82) is 0 Å². The van der Waals surface area contributed by atoms with Crippen LogP contribution in [0.4, 0.5) is 4.39 Å². The van der Waals surface area contributed by atoms with E-state index >= 15 is 0 Å². The van der Waals surface area contributed by atoms with E-state index in [0.717, 1.165) is 16.1 Å². The molecule has 0 saturated heterocycles. The quantitative estimate of drug-likeness (QED) is 0.642. The summed E-state index contributed by atoms with van der Waals surface area (Å²) in [5.74, 6) is 5.29. The van der Waals surface area contributed by atoms with E-state index in [9.17, 15) is 4.39 Å². The van der Waals surface area contributed by atoms with Crippen molar-refractivity contribution in [3.63, 3.8) is 0 Å². The SMILES string of the molecule is Cc1nnsc1C(Cc1cccc(F)c1)NN. The fraction of sp³-hybridized carbons (Fsp3) is 0.273. The number of aromatic nitrogens is 2. The van der Waals surface area contributed by atoms with Crippen molar-refractivity contribution < 1.29 is 4.39 Å². The van der Waals surface area contributed by atoms with Gasteiger partial charge in [-0.25, -0.2) is 4.39 Å². The first-order valence-corrected chi connectivity index (χ1v) is 5.97. The van der Waals surface area contributed by atoms with Gasteiger partial charge < -0.3 is 0 Å². The monoisotopic (exact) mass is 252 g/mol. The third-order valence-corrected chi connectivity index (χ3v) is 3.47. The van der Waals surface area contributed by atoms with E-state index in [1.165, 1.54) is 23.7 Å². The molecule has 0 radical (unpaired) electrons. The lowest BCUT2D eigenvalue weighted by Gasteiger charge is -2.14. The first kappa shape index (κ1) is 12.1. The minimum absolute atomic E-state index is 0.0863. The second kappa shape index (κ2) is 5.31. The average molecular weight is 252 g/mol. The molecule has 0 aliphatic heterocycles. The molecule has 1 unspecified atom stereocenters. The molecule has 1 aromatic carbocycles. The molecule has 17 heavy (non-hydrogen) atoms. The molecule has 4 nitrogen and oxygen atoms in total. The lowest BCUT2D eigenvalue weighted by atomic mass is 10.0. The summed E-state index contributed by atoms with van der Waals surface area (Å²) in [6.07, 6.45) is 0.610. The van der Waals surface area contributed by atoms with Crippen LogP contribution in [0.3, 0.4) is 0 Å². The second-order valence-electron chi connectivity index (χ2n) is 3.78. The zero-order valence-corrected chi connectivity index (χ0v) is 10.2. The lowest BCUT2D eigenvalue weighted by Crippen LogP contribution is -2.29. The van der Waals surface area contributed by atoms with Gasteiger partial charge in [-0.3, -0.25) is 11.3 Å². The highest BCUT2D eigenvalue weighted by Crippen LogP contribution is 2.23. The van der Waals surface area contributed by atoms with Gasteiger partial charge in [-0.2, -0.15) is 0 Å². The molecule has 0 aliphatic rings. The van der Waals surface area contributed by atoms with Crippen LogP contribution in [0.25, 0.3) is 0 Å². The van der Waals surface area contributed by atoms with Gasteiger partial charge in [-0.15, -0.1) is 5.10 Å². The van der Waals surface area contributed by atoms with Gasteiger partial charge in [-0.05, 0) is 42.6 Å². The Kier molecular flexibility index (Phi) is 3.78. The van der Waals surface area contributed by atoms with E-state index in [0.29, 0.717) is 6.42 Å². The molecule has 0 bridgehead atoms. The van der Waals surface area contributed by atoms with E-state index in [-0.39, 0.29) is 11.9 Å². The highest BCUT2D eigenvalue weighted by Gasteiger charge is 2.16. The second-order valence-corrected chi connectivity index (χ2v) is 4.56. The summed E-state index contributed by atoms with van der Waals surface area (Å²) in [6.45, 7) is 1.88. The normalized spacial score (nSPS) is 12.6. The van der Waals surface area contributed by atoms with Gasteiger partial charge in [0.15, 0.2) is 0 Å². The van der Waals surface area contributed by atoms with E-state index in [1.54, 1.807) is 6.07 Å². The summed E-state index contributed by atoms with van der Waals surface area (Å²) in [5, 5.41) is 3.94. The van der Waals surface area contributed by atoms with Gasteiger partial charge in [0, 0.05) is 0 Å². The van der Waals surface area contributed by atoms with Crippen LogP contribution >= 0.6 is 11.5 Å². The molecule has 0 aliphatic carbocycles. The highest BCUT2D eigenvalue weighted by molar-refractivity contribution is 7.05. The van der Waals surface area contributed by atoms with Crippen molar-refractivity contribution in [3.8, 4) is 0 Å². The van der Waals surface area contributed by atoms with Gasteiger partial charge in [-0.1, -0.05) is 16.6 Å². The highest BCUT2D eigenvalue weighted by atomic mass is 32.1. The summed E-state index contributed by atoms with van der Waals surface area (Å²) >= 11 is 1.31. The number of hydrazine groups is 1. The van der Waals surface area contributed by atoms with E-state index in [1.807, 2.05) is 13.0 Å². The topological polar surface area (TPSA) is 63.8 Å². The molecule has 1 aromatic heterocycles. The molecule has 90 valence electrons. The number of rotatable bonds is 4. The average Bonchev–Trinajstić information content (AvgIpc) is 2.72. The number of nitrogens with one attached hydrogen (secondary N) is 1. The Hall–Kier alpha value is -1.37. The third-order valence-electron chi connectivity index (χ3n) is 2.53. The van der Waals surface area contributed by atoms with Crippen LogP contribution < -0.4 is 11.3 Å². The number of benzene rings is 1. The Balaban J connectivity index is 2.19. The molecular weight excluding hydrogens is 239 g/mol. The van der Waals surface area contributed by atoms with Crippen LogP contribution in [0.15, 0.2) is 24.3 Å². The number of nitrogens with two attached hydrogens (primary N) is 1. The maximum absolute atomic E-state index is 13.1. The van der Waals surface area contributed by atoms with Crippen LogP contribution in [0.1, 0.15) is 22.2 Å². The molecule has 2 aromatic rings. The fourth-order valence-electron chi connectivity index (χ4n) is 1.68. The molecule has 0 spiro atoms. The number of halogens is 1. The molecular formula is C11H13FN4S. The van der Waals surface area contributed by atoms with Crippen molar-refractivity contribution in [2.75, 3.05) is 0 Å². The van der Waals surface area contributed by atoms with E-state index in [4.69, 9.17) is 5.84 Å². The molecule has 2 rings (SSSR count). The number of hydrogen-bond acceptors (Lipinski definition) is 5. The molecule has 1 atom stereocenters. The Morgan fingerprint density at radius 1 is 1.53 bits per heavy atom. The standard InChI is InChI=1S/C11H13FN4S/c1-7-11(17-16-15-7)10(14-13)6-8-3-2-4-9(12)5-8/h2-5,10,14H,6,13H2,1H3. The Bertz CT molecular complexity index is 500. The van der Waals surface area contributed by atoms with Gasteiger partial charge in [0.25, 0.3) is 0 Å². The maximum atomic E-state index is 13.1. The van der Waals surface area contributed by atoms with Gasteiger partial charge in [0.2, 0.25) is 0 Å². The number of nitrogens with zero attached hydrogens (tertiary/aromatic N) is 2. The molecule has 0 fully saturated rings. The summed E-state index contributed by atoms with van der Waals surface area (Å²) in [4.78, 5) is 0.983. The van der Waals surface area contributed by atoms with Crippen LogP contribution in [0.2, 0.25) is 0 Å². The van der Waals surface area contributed by atoms with Crippen molar-refractivity contribution in [3.05, 3.63) is 46.2 Å². The third kappa shape index (κ3) is 2.85. The van der Waals surface area contributed by atoms with Crippen molar-refractivity contribution in [1.82, 2.24) is 15.0 Å². The van der Waals surface area contributed by atoms with Crippen LogP contribution in [-0.4, -0.2) is 9.59 Å². The Morgan fingerprint density at radius 2 is 2.35 bits per heavy atom. The van der Waals surface area contributed by atoms with Crippen LogP contribution in [-0.2, 0) is 6.42 Å². The first-order chi connectivity index (χ1) is 8.20. The van der Waals surface area contributed by atoms with Crippen molar-refractivity contribution >= 4 is 11.5 Å². The smallest absolute Gasteiger partial charge is 0.123 e. The van der Waals surface area contributed by atoms with E-state index in [2.05, 4.69) is 15.0 Å². The summed E-state index contributed by atoms with van der Waals surface area (Å²) in [7, 11) is 0. The van der Waals surface area contributed by atoms with Crippen LogP contribution in [0.5, 0.6) is 0 Å². The van der Waals surface area contributed by atoms with E-state index < -0.39 is 0 Å². The Labute approximate surface area is 103 Å². The zero-order valence-electron chi connectivity index (χ0n) is 9.35. The summed E-state index contributed by atoms with van der Waals surface area (Å²) in [5.41, 5.74) is 4.47. The molecule has 0 amide bonds. The Morgan fingerprint density at radius 3 is 2.94 bits per heavy atom. The van der Waals surface area contributed by atoms with Crippen LogP contribution in [0, 0.1) is 12.7 Å². The van der Waals surface area contributed by atoms with Crippen molar-refractivity contribution in [2.45, 2.75) is 19.4 Å². The molecule has 1 heterocycles. The van der Waals surface area contributed by atoms with Gasteiger partial charge >= 0.3 is 0 Å². The predicted octanol–water partition coefficient (Wildman–Crippen LogP) is 1.73. The number of aryl methyl sites for hydroxylation is 1. The minimum Gasteiger partial charge on any atom is -0.271 e. The zero-order chi connectivity index (χ0) is 12.3. The molecule has 0 saturated carbocycles. The van der Waals surface area contributed by atoms with Crippen molar-refractivity contribution in [2.24, 2.45) is 5.84 Å². The summed E-state index contributed by atoms with van der Waals surface area (Å²) < 4.78 is 16.9.